The Labute approximate surface area is 160 Å². The van der Waals surface area contributed by atoms with Crippen molar-refractivity contribution < 1.29 is 0 Å². The highest BCUT2D eigenvalue weighted by Crippen LogP contribution is 2.34. The Morgan fingerprint density at radius 3 is 1.67 bits per heavy atom. The molecule has 0 rings (SSSR count). The normalized spacial score (nSPS) is 13.9. The molecular formula is C22H36Cl2. The molecule has 0 radical (unpaired) electrons. The SMILES string of the molecule is C=C(Cl)C/C(CCC)=C(CCC)\C(CCC)=C(\C/C=C/Cl)CCC. The highest BCUT2D eigenvalue weighted by molar-refractivity contribution is 6.29. The zero-order valence-corrected chi connectivity index (χ0v) is 17.7. The maximum absolute atomic E-state index is 6.19. The molecule has 0 atom stereocenters. The van der Waals surface area contributed by atoms with Crippen molar-refractivity contribution in [2.24, 2.45) is 0 Å². The van der Waals surface area contributed by atoms with E-state index in [1.54, 1.807) is 22.3 Å². The van der Waals surface area contributed by atoms with Gasteiger partial charge in [-0.05, 0) is 43.3 Å². The first-order valence-electron chi connectivity index (χ1n) is 9.56. The van der Waals surface area contributed by atoms with Crippen LogP contribution in [0.1, 0.15) is 91.9 Å². The van der Waals surface area contributed by atoms with Crippen molar-refractivity contribution in [1.82, 2.24) is 0 Å². The highest BCUT2D eigenvalue weighted by atomic mass is 35.5. The predicted molar refractivity (Wildman–Crippen MR) is 113 cm³/mol. The minimum absolute atomic E-state index is 0.751. The van der Waals surface area contributed by atoms with Gasteiger partial charge in [0, 0.05) is 17.0 Å². The Balaban J connectivity index is 6.19. The molecule has 0 spiro atoms. The van der Waals surface area contributed by atoms with E-state index in [9.17, 15) is 0 Å². The van der Waals surface area contributed by atoms with Gasteiger partial charge in [-0.1, -0.05) is 100 Å². The molecule has 0 aliphatic heterocycles. The van der Waals surface area contributed by atoms with Crippen LogP contribution in [0, 0.1) is 0 Å². The first-order valence-corrected chi connectivity index (χ1v) is 10.4. The van der Waals surface area contributed by atoms with Crippen molar-refractivity contribution >= 4 is 23.2 Å². The number of hydrogen-bond acceptors (Lipinski definition) is 0. The van der Waals surface area contributed by atoms with Crippen LogP contribution in [0.3, 0.4) is 0 Å². The van der Waals surface area contributed by atoms with Crippen molar-refractivity contribution in [2.45, 2.75) is 91.9 Å². The first kappa shape index (κ1) is 23.5. The molecule has 24 heavy (non-hydrogen) atoms. The molecule has 0 aromatic rings. The van der Waals surface area contributed by atoms with Crippen LogP contribution in [0.5, 0.6) is 0 Å². The average Bonchev–Trinajstić information content (AvgIpc) is 2.54. The van der Waals surface area contributed by atoms with Gasteiger partial charge in [0.15, 0.2) is 0 Å². The molecule has 2 heteroatoms. The van der Waals surface area contributed by atoms with Crippen molar-refractivity contribution in [1.29, 1.82) is 0 Å². The Morgan fingerprint density at radius 1 is 0.792 bits per heavy atom. The summed E-state index contributed by atoms with van der Waals surface area (Å²) in [6, 6.07) is 0. The number of halogens is 2. The summed E-state index contributed by atoms with van der Waals surface area (Å²) in [5.41, 5.74) is 7.81. The Bertz CT molecular complexity index is 453. The van der Waals surface area contributed by atoms with Crippen LogP contribution in [0.2, 0.25) is 0 Å². The molecule has 138 valence electrons. The third-order valence-electron chi connectivity index (χ3n) is 4.18. The Morgan fingerprint density at radius 2 is 1.25 bits per heavy atom. The van der Waals surface area contributed by atoms with Crippen LogP contribution < -0.4 is 0 Å². The van der Waals surface area contributed by atoms with Gasteiger partial charge < -0.3 is 0 Å². The van der Waals surface area contributed by atoms with E-state index in [1.165, 1.54) is 18.4 Å². The summed E-state index contributed by atoms with van der Waals surface area (Å²) in [5.74, 6) is 0. The fourth-order valence-electron chi connectivity index (χ4n) is 3.33. The molecule has 0 fully saturated rings. The van der Waals surface area contributed by atoms with E-state index >= 15 is 0 Å². The zero-order chi connectivity index (χ0) is 18.4. The van der Waals surface area contributed by atoms with E-state index in [-0.39, 0.29) is 0 Å². The minimum Gasteiger partial charge on any atom is -0.0933 e. The van der Waals surface area contributed by atoms with Crippen LogP contribution in [-0.2, 0) is 0 Å². The lowest BCUT2D eigenvalue weighted by Gasteiger charge is -2.22. The van der Waals surface area contributed by atoms with E-state index in [0.717, 1.165) is 56.4 Å². The van der Waals surface area contributed by atoms with Crippen molar-refractivity contribution in [3.8, 4) is 0 Å². The van der Waals surface area contributed by atoms with Gasteiger partial charge in [-0.3, -0.25) is 0 Å². The molecule has 0 nitrogen and oxygen atoms in total. The molecule has 0 saturated carbocycles. The molecule has 0 aromatic heterocycles. The van der Waals surface area contributed by atoms with E-state index in [4.69, 9.17) is 23.2 Å². The van der Waals surface area contributed by atoms with Crippen LogP contribution in [-0.4, -0.2) is 0 Å². The smallest absolute Gasteiger partial charge is 0.0149 e. The largest absolute Gasteiger partial charge is 0.0933 e. The van der Waals surface area contributed by atoms with E-state index in [0.29, 0.717) is 0 Å². The van der Waals surface area contributed by atoms with Gasteiger partial charge in [-0.25, -0.2) is 0 Å². The minimum atomic E-state index is 0.751. The van der Waals surface area contributed by atoms with Crippen molar-refractivity contribution in [2.75, 3.05) is 0 Å². The van der Waals surface area contributed by atoms with E-state index < -0.39 is 0 Å². The molecule has 0 aromatic carbocycles. The van der Waals surface area contributed by atoms with Crippen LogP contribution >= 0.6 is 23.2 Å². The number of allylic oxidation sites excluding steroid dienone is 6. The summed E-state index contributed by atoms with van der Waals surface area (Å²) >= 11 is 12.0. The van der Waals surface area contributed by atoms with E-state index in [2.05, 4.69) is 40.3 Å². The molecule has 0 N–H and O–H groups in total. The maximum Gasteiger partial charge on any atom is 0.0149 e. The summed E-state index contributed by atoms with van der Waals surface area (Å²) in [5, 5.41) is 0.751. The van der Waals surface area contributed by atoms with Gasteiger partial charge in [0.25, 0.3) is 0 Å². The number of rotatable bonds is 13. The topological polar surface area (TPSA) is 0 Å². The van der Waals surface area contributed by atoms with Crippen LogP contribution in [0.4, 0.5) is 0 Å². The molecule has 0 amide bonds. The van der Waals surface area contributed by atoms with Crippen LogP contribution in [0.15, 0.2) is 45.5 Å². The second-order valence-electron chi connectivity index (χ2n) is 6.42. The van der Waals surface area contributed by atoms with Crippen molar-refractivity contribution in [3.63, 3.8) is 0 Å². The second kappa shape index (κ2) is 14.8. The summed E-state index contributed by atoms with van der Waals surface area (Å²) < 4.78 is 0. The van der Waals surface area contributed by atoms with Gasteiger partial charge in [-0.15, -0.1) is 0 Å². The predicted octanol–water partition coefficient (Wildman–Crippen LogP) is 9.07. The van der Waals surface area contributed by atoms with Gasteiger partial charge in [-0.2, -0.15) is 0 Å². The van der Waals surface area contributed by atoms with Crippen molar-refractivity contribution in [3.05, 3.63) is 45.5 Å². The highest BCUT2D eigenvalue weighted by Gasteiger charge is 2.15. The fourth-order valence-corrected chi connectivity index (χ4v) is 3.58. The molecule has 0 aliphatic rings. The first-order chi connectivity index (χ1) is 11.5. The Kier molecular flexibility index (Phi) is 14.6. The molecule has 0 unspecified atom stereocenters. The quantitative estimate of drug-likeness (QED) is 0.283. The second-order valence-corrected chi connectivity index (χ2v) is 7.21. The summed E-state index contributed by atoms with van der Waals surface area (Å²) in [7, 11) is 0. The average molecular weight is 371 g/mol. The lowest BCUT2D eigenvalue weighted by Crippen LogP contribution is -2.02. The Hall–Kier alpha value is -0.460. The summed E-state index contributed by atoms with van der Waals surface area (Å²) in [4.78, 5) is 0. The van der Waals surface area contributed by atoms with E-state index in [1.807, 2.05) is 0 Å². The fraction of sp³-hybridized carbons (Fsp3) is 0.636. The zero-order valence-electron chi connectivity index (χ0n) is 16.2. The molecular weight excluding hydrogens is 335 g/mol. The molecule has 0 bridgehead atoms. The monoisotopic (exact) mass is 370 g/mol. The third-order valence-corrected chi connectivity index (χ3v) is 4.49. The molecule has 0 aliphatic carbocycles. The van der Waals surface area contributed by atoms with Gasteiger partial charge in [0.05, 0.1) is 0 Å². The van der Waals surface area contributed by atoms with Gasteiger partial charge in [0.1, 0.15) is 0 Å². The summed E-state index contributed by atoms with van der Waals surface area (Å²) in [6.07, 6.45) is 13.0. The summed E-state index contributed by atoms with van der Waals surface area (Å²) in [6.45, 7) is 13.0. The standard InChI is InChI=1S/C22H36Cl2/c1-6-11-19(15-10-16-23)21(13-8-3)22(14-9-4)20(12-7-2)17-18(5)24/h10,16H,5-9,11-15,17H2,1-4H3/b16-10+,21-19+,22-20-. The number of hydrogen-bond donors (Lipinski definition) is 0. The lowest BCUT2D eigenvalue weighted by atomic mass is 9.84. The molecule has 0 heterocycles. The lowest BCUT2D eigenvalue weighted by molar-refractivity contribution is 0.770. The van der Waals surface area contributed by atoms with Gasteiger partial charge in [0.2, 0.25) is 0 Å². The third kappa shape index (κ3) is 9.14. The van der Waals surface area contributed by atoms with Gasteiger partial charge >= 0.3 is 0 Å². The van der Waals surface area contributed by atoms with Crippen LogP contribution in [0.25, 0.3) is 0 Å². The maximum atomic E-state index is 6.19. The molecule has 0 saturated heterocycles.